The quantitative estimate of drug-likeness (QED) is 0.132. The van der Waals surface area contributed by atoms with E-state index in [0.29, 0.717) is 38.9 Å². The van der Waals surface area contributed by atoms with Crippen LogP contribution in [0.25, 0.3) is 27.8 Å². The van der Waals surface area contributed by atoms with Crippen molar-refractivity contribution in [2.75, 3.05) is 11.4 Å². The van der Waals surface area contributed by atoms with E-state index in [9.17, 15) is 13.2 Å². The molecule has 0 N–H and O–H groups in total. The molecule has 0 saturated carbocycles. The van der Waals surface area contributed by atoms with Crippen LogP contribution >= 0.6 is 11.6 Å². The third-order valence-electron chi connectivity index (χ3n) is 9.41. The number of hydrogen-bond donors (Lipinski definition) is 0. The Kier molecular flexibility index (Phi) is 10.1. The maximum atomic E-state index is 14.5. The third kappa shape index (κ3) is 7.16. The molecule has 6 aromatic rings. The number of benzene rings is 5. The molecule has 0 radical (unpaired) electrons. The number of carbonyl (C=O) groups is 1. The van der Waals surface area contributed by atoms with Crippen LogP contribution < -0.4 is 4.31 Å². The van der Waals surface area contributed by atoms with Crippen molar-refractivity contribution in [3.05, 3.63) is 143 Å². The van der Waals surface area contributed by atoms with Gasteiger partial charge in [-0.2, -0.15) is 0 Å². The Balaban J connectivity index is 1.58. The van der Waals surface area contributed by atoms with Gasteiger partial charge in [-0.05, 0) is 88.0 Å². The average molecular weight is 720 g/mol. The second-order valence-corrected chi connectivity index (χ2v) is 16.1. The van der Waals surface area contributed by atoms with Crippen LogP contribution in [0.15, 0.2) is 120 Å². The van der Waals surface area contributed by atoms with E-state index < -0.39 is 16.0 Å². The average Bonchev–Trinajstić information content (AvgIpc) is 3.56. The molecule has 51 heavy (non-hydrogen) atoms. The van der Waals surface area contributed by atoms with Crippen molar-refractivity contribution in [2.45, 2.75) is 63.8 Å². The van der Waals surface area contributed by atoms with Gasteiger partial charge in [-0.1, -0.05) is 113 Å². The first-order chi connectivity index (χ1) is 24.3. The molecule has 1 heterocycles. The number of carbonyl (C=O) groups excluding carboxylic acids is 1. The summed E-state index contributed by atoms with van der Waals surface area (Å²) in [5, 5.41) is 0.445. The molecule has 0 fully saturated rings. The predicted molar refractivity (Wildman–Crippen MR) is 207 cm³/mol. The fraction of sp³-hybridized carbons (Fsp3) is 0.238. The first-order valence-corrected chi connectivity index (χ1v) is 18.8. The van der Waals surface area contributed by atoms with E-state index >= 15 is 0 Å². The molecule has 1 aromatic heterocycles. The number of anilines is 1. The number of fused-ring (bicyclic) bond motifs is 1. The molecule has 0 saturated heterocycles. The van der Waals surface area contributed by atoms with Gasteiger partial charge in [0.2, 0.25) is 0 Å². The second-order valence-electron chi connectivity index (χ2n) is 13.8. The minimum absolute atomic E-state index is 0.0928. The molecule has 0 aliphatic carbocycles. The molecule has 0 aliphatic rings. The number of esters is 1. The highest BCUT2D eigenvalue weighted by Gasteiger charge is 2.30. The van der Waals surface area contributed by atoms with E-state index in [1.807, 2.05) is 71.3 Å². The van der Waals surface area contributed by atoms with Crippen LogP contribution in [0, 0.1) is 0 Å². The number of imidazole rings is 1. The largest absolute Gasteiger partial charge is 0.465 e. The Morgan fingerprint density at radius 2 is 1.61 bits per heavy atom. The maximum Gasteiger partial charge on any atom is 0.340 e. The number of nitrogens with zero attached hydrogens (tertiary/aromatic N) is 3. The molecule has 0 bridgehead atoms. The van der Waals surface area contributed by atoms with E-state index in [-0.39, 0.29) is 16.9 Å². The van der Waals surface area contributed by atoms with Crippen molar-refractivity contribution in [3.63, 3.8) is 0 Å². The lowest BCUT2D eigenvalue weighted by Crippen LogP contribution is -2.30. The predicted octanol–water partition coefficient (Wildman–Crippen LogP) is 10.3. The molecule has 5 aromatic carbocycles. The summed E-state index contributed by atoms with van der Waals surface area (Å²) in [5.74, 6) is -0.0929. The van der Waals surface area contributed by atoms with Crippen LogP contribution in [-0.4, -0.2) is 31.0 Å². The normalized spacial score (nSPS) is 12.5. The summed E-state index contributed by atoms with van der Waals surface area (Å²) in [4.78, 5) is 18.6. The molecule has 0 amide bonds. The number of aromatic nitrogens is 2. The summed E-state index contributed by atoms with van der Waals surface area (Å²) in [6, 6.07) is 33.4. The molecule has 262 valence electrons. The Hall–Kier alpha value is -4.92. The Morgan fingerprint density at radius 1 is 0.922 bits per heavy atom. The van der Waals surface area contributed by atoms with E-state index in [1.165, 1.54) is 29.1 Å². The molecule has 1 atom stereocenters. The minimum Gasteiger partial charge on any atom is -0.465 e. The van der Waals surface area contributed by atoms with Gasteiger partial charge < -0.3 is 4.74 Å². The van der Waals surface area contributed by atoms with Gasteiger partial charge in [0.15, 0.2) is 0 Å². The summed E-state index contributed by atoms with van der Waals surface area (Å²) in [6.07, 6.45) is 2.69. The standard InChI is InChI=1S/C42H42ClN3O4S/c1-7-28(2)30-15-13-29(14-16-30)26-46(51(48,49)34-20-17-32(43)18-21-34)33-19-24-37-38(25-33)45(27-44-37)40-36(42(3,4)5)23-22-35(39(40)41(47)50-6)31-11-9-8-10-12-31/h8-25,27-28H,7,26H2,1-6H3. The Morgan fingerprint density at radius 3 is 2.24 bits per heavy atom. The van der Waals surface area contributed by atoms with Crippen molar-refractivity contribution in [3.8, 4) is 16.8 Å². The van der Waals surface area contributed by atoms with E-state index in [2.05, 4.69) is 46.8 Å². The van der Waals surface area contributed by atoms with Gasteiger partial charge in [-0.15, -0.1) is 0 Å². The van der Waals surface area contributed by atoms with Gasteiger partial charge in [-0.3, -0.25) is 8.87 Å². The van der Waals surface area contributed by atoms with Crippen molar-refractivity contribution in [2.24, 2.45) is 0 Å². The van der Waals surface area contributed by atoms with Crippen LogP contribution in [0.4, 0.5) is 5.69 Å². The SMILES string of the molecule is CCC(C)c1ccc(CN(c2ccc3ncn(-c4c(C(C)(C)C)ccc(-c5ccccc5)c4C(=O)OC)c3c2)S(=O)(=O)c2ccc(Cl)cc2)cc1. The molecule has 0 spiro atoms. The molecule has 6 rings (SSSR count). The molecule has 9 heteroatoms. The van der Waals surface area contributed by atoms with Gasteiger partial charge in [0, 0.05) is 5.02 Å². The first-order valence-electron chi connectivity index (χ1n) is 17.0. The Bertz CT molecular complexity index is 2290. The zero-order valence-corrected chi connectivity index (χ0v) is 31.3. The van der Waals surface area contributed by atoms with E-state index in [1.54, 1.807) is 24.5 Å². The summed E-state index contributed by atoms with van der Waals surface area (Å²) < 4.78 is 37.6. The molecular formula is C42H42ClN3O4S. The summed E-state index contributed by atoms with van der Waals surface area (Å²) >= 11 is 6.16. The number of halogens is 1. The van der Waals surface area contributed by atoms with Crippen molar-refractivity contribution >= 4 is 44.3 Å². The van der Waals surface area contributed by atoms with Gasteiger partial charge >= 0.3 is 5.97 Å². The van der Waals surface area contributed by atoms with Crippen LogP contribution in [0.3, 0.4) is 0 Å². The van der Waals surface area contributed by atoms with Crippen molar-refractivity contribution < 1.29 is 17.9 Å². The summed E-state index contributed by atoms with van der Waals surface area (Å²) in [6.45, 7) is 10.7. The van der Waals surface area contributed by atoms with Gasteiger partial charge in [0.25, 0.3) is 10.0 Å². The minimum atomic E-state index is -4.06. The molecule has 0 aliphatic heterocycles. The maximum absolute atomic E-state index is 14.5. The van der Waals surface area contributed by atoms with Crippen LogP contribution in [-0.2, 0) is 26.7 Å². The fourth-order valence-electron chi connectivity index (χ4n) is 6.34. The van der Waals surface area contributed by atoms with Gasteiger partial charge in [0.1, 0.15) is 6.33 Å². The molecule has 1 unspecified atom stereocenters. The lowest BCUT2D eigenvalue weighted by atomic mass is 9.82. The highest BCUT2D eigenvalue weighted by atomic mass is 35.5. The van der Waals surface area contributed by atoms with Crippen LogP contribution in [0.2, 0.25) is 5.02 Å². The fourth-order valence-corrected chi connectivity index (χ4v) is 7.92. The second kappa shape index (κ2) is 14.4. The zero-order chi connectivity index (χ0) is 36.5. The van der Waals surface area contributed by atoms with Crippen LogP contribution in [0.5, 0.6) is 0 Å². The van der Waals surface area contributed by atoms with Crippen molar-refractivity contribution in [1.29, 1.82) is 0 Å². The van der Waals surface area contributed by atoms with E-state index in [4.69, 9.17) is 21.3 Å². The third-order valence-corrected chi connectivity index (χ3v) is 11.4. The lowest BCUT2D eigenvalue weighted by molar-refractivity contribution is 0.0601. The summed E-state index contributed by atoms with van der Waals surface area (Å²) in [5.41, 5.74) is 6.89. The number of ether oxygens (including phenoxy) is 1. The number of methoxy groups -OCH3 is 1. The zero-order valence-electron chi connectivity index (χ0n) is 29.7. The highest BCUT2D eigenvalue weighted by molar-refractivity contribution is 7.92. The molecule has 7 nitrogen and oxygen atoms in total. The van der Waals surface area contributed by atoms with E-state index in [0.717, 1.165) is 28.7 Å². The number of rotatable bonds is 10. The van der Waals surface area contributed by atoms with Crippen LogP contribution in [0.1, 0.15) is 74.0 Å². The lowest BCUT2D eigenvalue weighted by Gasteiger charge is -2.27. The highest BCUT2D eigenvalue weighted by Crippen LogP contribution is 2.39. The number of hydrogen-bond acceptors (Lipinski definition) is 5. The number of sulfonamides is 1. The topological polar surface area (TPSA) is 81.5 Å². The van der Waals surface area contributed by atoms with Gasteiger partial charge in [-0.25, -0.2) is 18.2 Å². The Labute approximate surface area is 305 Å². The monoisotopic (exact) mass is 719 g/mol. The smallest absolute Gasteiger partial charge is 0.340 e. The summed E-state index contributed by atoms with van der Waals surface area (Å²) in [7, 11) is -2.68. The van der Waals surface area contributed by atoms with Gasteiger partial charge in [0.05, 0.1) is 46.5 Å². The first kappa shape index (κ1) is 35.9. The molecular weight excluding hydrogens is 678 g/mol. The van der Waals surface area contributed by atoms with Crippen molar-refractivity contribution in [1.82, 2.24) is 9.55 Å².